The van der Waals surface area contributed by atoms with Crippen LogP contribution in [0.5, 0.6) is 0 Å². The van der Waals surface area contributed by atoms with Crippen LogP contribution in [0.15, 0.2) is 10.6 Å². The summed E-state index contributed by atoms with van der Waals surface area (Å²) in [5.41, 5.74) is 0.909. The molecule has 3 fully saturated rings. The van der Waals surface area contributed by atoms with Crippen molar-refractivity contribution in [2.24, 2.45) is 0 Å². The average Bonchev–Trinajstić information content (AvgIpc) is 3.22. The topological polar surface area (TPSA) is 58.8 Å². The summed E-state index contributed by atoms with van der Waals surface area (Å²) in [6, 6.07) is 2.37. The van der Waals surface area contributed by atoms with Crippen LogP contribution in [-0.2, 0) is 16.1 Å². The lowest BCUT2D eigenvalue weighted by Gasteiger charge is -2.41. The molecule has 3 aliphatic rings. The third kappa shape index (κ3) is 3.02. The number of carbonyl (C=O) groups is 1. The Balaban J connectivity index is 1.39. The number of amides is 1. The van der Waals surface area contributed by atoms with Gasteiger partial charge in [0.1, 0.15) is 5.76 Å². The Morgan fingerprint density at radius 2 is 2.35 bits per heavy atom. The minimum atomic E-state index is -0.0788. The molecule has 0 saturated carbocycles. The van der Waals surface area contributed by atoms with Gasteiger partial charge >= 0.3 is 0 Å². The maximum atomic E-state index is 12.0. The highest BCUT2D eigenvalue weighted by Gasteiger charge is 2.45. The third-order valence-electron chi connectivity index (χ3n) is 5.48. The van der Waals surface area contributed by atoms with E-state index in [-0.39, 0.29) is 5.60 Å². The summed E-state index contributed by atoms with van der Waals surface area (Å²) >= 11 is 0. The minimum absolute atomic E-state index is 0.0788. The van der Waals surface area contributed by atoms with Crippen LogP contribution in [0.4, 0.5) is 0 Å². The smallest absolute Gasteiger partial charge is 0.222 e. The molecule has 1 amide bonds. The Morgan fingerprint density at radius 3 is 3.09 bits per heavy atom. The van der Waals surface area contributed by atoms with Crippen molar-refractivity contribution < 1.29 is 14.1 Å². The van der Waals surface area contributed by atoms with E-state index in [1.807, 2.05) is 13.0 Å². The average molecular weight is 319 g/mol. The molecule has 0 aromatic carbocycles. The van der Waals surface area contributed by atoms with Gasteiger partial charge in [-0.05, 0) is 32.6 Å². The molecular formula is C17H25N3O3. The summed E-state index contributed by atoms with van der Waals surface area (Å²) in [6.07, 6.45) is 4.74. The number of likely N-dealkylation sites (tertiary alicyclic amines) is 2. The van der Waals surface area contributed by atoms with Gasteiger partial charge in [0.25, 0.3) is 0 Å². The van der Waals surface area contributed by atoms with E-state index < -0.39 is 0 Å². The molecule has 4 heterocycles. The van der Waals surface area contributed by atoms with E-state index in [0.29, 0.717) is 11.9 Å². The van der Waals surface area contributed by atoms with Gasteiger partial charge in [0, 0.05) is 51.3 Å². The van der Waals surface area contributed by atoms with Gasteiger partial charge in [0.05, 0.1) is 11.3 Å². The summed E-state index contributed by atoms with van der Waals surface area (Å²) in [5, 5.41) is 4.09. The normalized spacial score (nSPS) is 32.3. The summed E-state index contributed by atoms with van der Waals surface area (Å²) in [4.78, 5) is 16.5. The molecule has 1 aromatic heterocycles. The maximum Gasteiger partial charge on any atom is 0.222 e. The zero-order chi connectivity index (χ0) is 15.9. The lowest BCUT2D eigenvalue weighted by atomic mass is 9.89. The first-order valence-corrected chi connectivity index (χ1v) is 8.72. The molecule has 6 nitrogen and oxygen atoms in total. The zero-order valence-corrected chi connectivity index (χ0v) is 13.8. The first-order valence-electron chi connectivity index (χ1n) is 8.72. The van der Waals surface area contributed by atoms with Gasteiger partial charge in [-0.15, -0.1) is 0 Å². The van der Waals surface area contributed by atoms with E-state index in [4.69, 9.17) is 9.26 Å². The van der Waals surface area contributed by atoms with E-state index in [9.17, 15) is 4.79 Å². The first kappa shape index (κ1) is 15.1. The van der Waals surface area contributed by atoms with Crippen LogP contribution in [0.2, 0.25) is 0 Å². The number of carbonyl (C=O) groups excluding carboxylic acids is 1. The second kappa shape index (κ2) is 5.91. The molecule has 0 aliphatic carbocycles. The van der Waals surface area contributed by atoms with Crippen LogP contribution < -0.4 is 0 Å². The molecule has 1 spiro atoms. The van der Waals surface area contributed by atoms with E-state index in [0.717, 1.165) is 76.3 Å². The number of rotatable bonds is 3. The Morgan fingerprint density at radius 1 is 1.43 bits per heavy atom. The number of hydrogen-bond donors (Lipinski definition) is 0. The quantitative estimate of drug-likeness (QED) is 0.849. The fraction of sp³-hybridized carbons (Fsp3) is 0.765. The molecular weight excluding hydrogens is 294 g/mol. The highest BCUT2D eigenvalue weighted by Crippen LogP contribution is 2.37. The summed E-state index contributed by atoms with van der Waals surface area (Å²) < 4.78 is 11.4. The number of aromatic nitrogens is 1. The van der Waals surface area contributed by atoms with Gasteiger partial charge in [-0.2, -0.15) is 0 Å². The zero-order valence-electron chi connectivity index (χ0n) is 13.8. The van der Waals surface area contributed by atoms with Crippen LogP contribution in [-0.4, -0.2) is 58.7 Å². The van der Waals surface area contributed by atoms with Gasteiger partial charge in [-0.25, -0.2) is 0 Å². The first-order chi connectivity index (χ1) is 11.1. The van der Waals surface area contributed by atoms with Gasteiger partial charge in [0.15, 0.2) is 0 Å². The van der Waals surface area contributed by atoms with Crippen molar-refractivity contribution in [2.75, 3.05) is 26.2 Å². The molecule has 6 heteroatoms. The Bertz CT molecular complexity index is 587. The standard InChI is InChI=1S/C17H25N3O3/c1-13-9-14(18-23-13)11-19-7-5-17(12-19)10-15(4-8-22-17)20-6-2-3-16(20)21/h9,15H,2-8,10-12H2,1H3/t15-,17-/m1/s1. The molecule has 3 saturated heterocycles. The molecule has 126 valence electrons. The molecule has 1 aromatic rings. The highest BCUT2D eigenvalue weighted by molar-refractivity contribution is 5.78. The van der Waals surface area contributed by atoms with Crippen molar-refractivity contribution in [3.63, 3.8) is 0 Å². The molecule has 0 N–H and O–H groups in total. The largest absolute Gasteiger partial charge is 0.373 e. The van der Waals surface area contributed by atoms with Crippen LogP contribution in [0.3, 0.4) is 0 Å². The predicted molar refractivity (Wildman–Crippen MR) is 83.8 cm³/mol. The van der Waals surface area contributed by atoms with Crippen molar-refractivity contribution in [3.05, 3.63) is 17.5 Å². The molecule has 23 heavy (non-hydrogen) atoms. The van der Waals surface area contributed by atoms with Crippen molar-refractivity contribution >= 4 is 5.91 Å². The van der Waals surface area contributed by atoms with Crippen molar-refractivity contribution in [2.45, 2.75) is 57.2 Å². The number of nitrogens with zero attached hydrogens (tertiary/aromatic N) is 3. The van der Waals surface area contributed by atoms with Crippen LogP contribution >= 0.6 is 0 Å². The second-order valence-electron chi connectivity index (χ2n) is 7.26. The molecule has 0 radical (unpaired) electrons. The van der Waals surface area contributed by atoms with Gasteiger partial charge in [-0.3, -0.25) is 9.69 Å². The third-order valence-corrected chi connectivity index (χ3v) is 5.48. The van der Waals surface area contributed by atoms with Crippen molar-refractivity contribution in [3.8, 4) is 0 Å². The summed E-state index contributed by atoms with van der Waals surface area (Å²) in [5.74, 6) is 1.19. The minimum Gasteiger partial charge on any atom is -0.373 e. The maximum absolute atomic E-state index is 12.0. The predicted octanol–water partition coefficient (Wildman–Crippen LogP) is 1.73. The number of ether oxygens (including phenoxy) is 1. The SMILES string of the molecule is Cc1cc(CN2CC[C@@]3(C[C@H](N4CCCC4=O)CCO3)C2)no1. The number of aryl methyl sites for hydroxylation is 1. The van der Waals surface area contributed by atoms with Crippen LogP contribution in [0.1, 0.15) is 43.6 Å². The molecule has 0 bridgehead atoms. The fourth-order valence-electron chi connectivity index (χ4n) is 4.39. The number of hydrogen-bond acceptors (Lipinski definition) is 5. The van der Waals surface area contributed by atoms with E-state index in [1.165, 1.54) is 0 Å². The Kier molecular flexibility index (Phi) is 3.89. The summed E-state index contributed by atoms with van der Waals surface area (Å²) in [7, 11) is 0. The van der Waals surface area contributed by atoms with Gasteiger partial charge in [-0.1, -0.05) is 5.16 Å². The van der Waals surface area contributed by atoms with Crippen LogP contribution in [0.25, 0.3) is 0 Å². The fourth-order valence-corrected chi connectivity index (χ4v) is 4.39. The Labute approximate surface area is 136 Å². The highest BCUT2D eigenvalue weighted by atomic mass is 16.5. The second-order valence-corrected chi connectivity index (χ2v) is 7.26. The van der Waals surface area contributed by atoms with Crippen molar-refractivity contribution in [1.82, 2.24) is 15.0 Å². The molecule has 0 unspecified atom stereocenters. The van der Waals surface area contributed by atoms with E-state index in [1.54, 1.807) is 0 Å². The Hall–Kier alpha value is -1.40. The molecule has 2 atom stereocenters. The van der Waals surface area contributed by atoms with Crippen LogP contribution in [0, 0.1) is 6.92 Å². The van der Waals surface area contributed by atoms with E-state index >= 15 is 0 Å². The molecule has 4 rings (SSSR count). The summed E-state index contributed by atoms with van der Waals surface area (Å²) in [6.45, 7) is 6.39. The van der Waals surface area contributed by atoms with Crippen molar-refractivity contribution in [1.29, 1.82) is 0 Å². The monoisotopic (exact) mass is 319 g/mol. The van der Waals surface area contributed by atoms with Gasteiger partial charge < -0.3 is 14.2 Å². The van der Waals surface area contributed by atoms with Gasteiger partial charge in [0.2, 0.25) is 5.91 Å². The lowest BCUT2D eigenvalue weighted by molar-refractivity contribution is -0.137. The lowest BCUT2D eigenvalue weighted by Crippen LogP contribution is -2.50. The van der Waals surface area contributed by atoms with E-state index in [2.05, 4.69) is 15.0 Å². The molecule has 3 aliphatic heterocycles.